The minimum atomic E-state index is -1.05. The van der Waals surface area contributed by atoms with Crippen molar-refractivity contribution in [2.75, 3.05) is 26.7 Å². The van der Waals surface area contributed by atoms with Gasteiger partial charge in [0.15, 0.2) is 0 Å². The Morgan fingerprint density at radius 2 is 1.65 bits per heavy atom. The van der Waals surface area contributed by atoms with Crippen molar-refractivity contribution in [1.29, 1.82) is 0 Å². The van der Waals surface area contributed by atoms with Crippen LogP contribution in [0.25, 0.3) is 11.1 Å². The van der Waals surface area contributed by atoms with Gasteiger partial charge in [-0.05, 0) is 28.2 Å². The second kappa shape index (κ2) is 10.1. The van der Waals surface area contributed by atoms with Crippen molar-refractivity contribution in [3.05, 3.63) is 59.7 Å². The van der Waals surface area contributed by atoms with Gasteiger partial charge in [0.2, 0.25) is 5.91 Å². The van der Waals surface area contributed by atoms with Gasteiger partial charge in [0.05, 0.1) is 0 Å². The van der Waals surface area contributed by atoms with E-state index in [2.05, 4.69) is 29.6 Å². The van der Waals surface area contributed by atoms with Gasteiger partial charge in [-0.3, -0.25) is 9.59 Å². The molecule has 3 rings (SSSR count). The number of ether oxygens (including phenoxy) is 1. The predicted molar refractivity (Wildman–Crippen MR) is 117 cm³/mol. The Bertz CT molecular complexity index is 913. The van der Waals surface area contributed by atoms with Crippen molar-refractivity contribution in [3.63, 3.8) is 0 Å². The fourth-order valence-electron chi connectivity index (χ4n) is 3.93. The van der Waals surface area contributed by atoms with Crippen LogP contribution in [-0.4, -0.2) is 54.7 Å². The van der Waals surface area contributed by atoms with Gasteiger partial charge in [0.25, 0.3) is 0 Å². The van der Waals surface area contributed by atoms with Crippen molar-refractivity contribution in [2.24, 2.45) is 5.92 Å². The number of nitrogens with one attached hydrogen (secondary N) is 1. The summed E-state index contributed by atoms with van der Waals surface area (Å²) in [5.41, 5.74) is 4.63. The molecule has 0 aliphatic heterocycles. The largest absolute Gasteiger partial charge is 0.480 e. The number of carbonyl (C=O) groups is 3. The summed E-state index contributed by atoms with van der Waals surface area (Å²) in [6.07, 6.45) is 0.326. The Labute approximate surface area is 182 Å². The molecule has 1 aliphatic carbocycles. The molecule has 2 N–H and O–H groups in total. The highest BCUT2D eigenvalue weighted by Crippen LogP contribution is 2.44. The van der Waals surface area contributed by atoms with E-state index in [0.29, 0.717) is 13.0 Å². The number of hydrogen-bond donors (Lipinski definition) is 2. The van der Waals surface area contributed by atoms with Crippen molar-refractivity contribution >= 4 is 18.0 Å². The van der Waals surface area contributed by atoms with Crippen molar-refractivity contribution in [3.8, 4) is 11.1 Å². The van der Waals surface area contributed by atoms with E-state index in [4.69, 9.17) is 9.84 Å². The van der Waals surface area contributed by atoms with Gasteiger partial charge < -0.3 is 20.1 Å². The number of carboxylic acids is 1. The summed E-state index contributed by atoms with van der Waals surface area (Å²) in [7, 11) is 1.46. The number of likely N-dealkylation sites (N-methyl/N-ethyl adjacent to an activating group) is 1. The summed E-state index contributed by atoms with van der Waals surface area (Å²) in [4.78, 5) is 36.4. The Morgan fingerprint density at radius 3 is 2.19 bits per heavy atom. The molecule has 0 aromatic heterocycles. The number of alkyl carbamates (subject to hydrolysis) is 1. The first-order chi connectivity index (χ1) is 14.9. The molecular formula is C24H28N2O5. The standard InChI is InChI=1S/C24H28N2O5/c1-3-16(12-22(27)26(2)14-23(28)29)13-25-24(30)31-15-21-19-10-6-4-8-17(19)18-9-5-7-11-20(18)21/h4-11,16,21H,3,12-15H2,1-2H3,(H,25,30)(H,28,29). The predicted octanol–water partition coefficient (Wildman–Crippen LogP) is 3.48. The molecule has 7 heteroatoms. The molecular weight excluding hydrogens is 396 g/mol. The minimum absolute atomic E-state index is 0.00799. The molecule has 0 bridgehead atoms. The molecule has 2 aromatic rings. The van der Waals surface area contributed by atoms with Crippen LogP contribution in [0.15, 0.2) is 48.5 Å². The van der Waals surface area contributed by atoms with Crippen LogP contribution < -0.4 is 5.32 Å². The number of amides is 2. The molecule has 31 heavy (non-hydrogen) atoms. The summed E-state index contributed by atoms with van der Waals surface area (Å²) >= 11 is 0. The zero-order valence-electron chi connectivity index (χ0n) is 17.8. The lowest BCUT2D eigenvalue weighted by molar-refractivity contribution is -0.143. The van der Waals surface area contributed by atoms with E-state index in [9.17, 15) is 14.4 Å². The van der Waals surface area contributed by atoms with Gasteiger partial charge in [-0.15, -0.1) is 0 Å². The molecule has 1 atom stereocenters. The molecule has 2 amide bonds. The molecule has 0 fully saturated rings. The fourth-order valence-corrected chi connectivity index (χ4v) is 3.93. The van der Waals surface area contributed by atoms with Gasteiger partial charge in [0, 0.05) is 25.9 Å². The lowest BCUT2D eigenvalue weighted by Gasteiger charge is -2.20. The third-order valence-electron chi connectivity index (χ3n) is 5.72. The maximum atomic E-state index is 12.3. The van der Waals surface area contributed by atoms with Gasteiger partial charge in [0.1, 0.15) is 13.2 Å². The summed E-state index contributed by atoms with van der Waals surface area (Å²) < 4.78 is 5.52. The highest BCUT2D eigenvalue weighted by molar-refractivity contribution is 5.81. The van der Waals surface area contributed by atoms with E-state index in [0.717, 1.165) is 11.1 Å². The van der Waals surface area contributed by atoms with Crippen molar-refractivity contribution in [2.45, 2.75) is 25.7 Å². The number of hydrogen-bond acceptors (Lipinski definition) is 4. The summed E-state index contributed by atoms with van der Waals surface area (Å²) in [6.45, 7) is 2.11. The van der Waals surface area contributed by atoms with Crippen LogP contribution >= 0.6 is 0 Å². The third-order valence-corrected chi connectivity index (χ3v) is 5.72. The summed E-state index contributed by atoms with van der Waals surface area (Å²) in [5, 5.41) is 11.5. The first-order valence-electron chi connectivity index (χ1n) is 10.4. The maximum absolute atomic E-state index is 12.3. The molecule has 0 spiro atoms. The maximum Gasteiger partial charge on any atom is 0.407 e. The average Bonchev–Trinajstić information content (AvgIpc) is 3.08. The molecule has 0 heterocycles. The number of rotatable bonds is 9. The van der Waals surface area contributed by atoms with Crippen LogP contribution in [0.1, 0.15) is 36.8 Å². The smallest absolute Gasteiger partial charge is 0.407 e. The first kappa shape index (κ1) is 22.3. The third kappa shape index (κ3) is 5.42. The zero-order valence-corrected chi connectivity index (χ0v) is 17.8. The van der Waals surface area contributed by atoms with Crippen LogP contribution in [0.2, 0.25) is 0 Å². The topological polar surface area (TPSA) is 95.9 Å². The van der Waals surface area contributed by atoms with Crippen molar-refractivity contribution < 1.29 is 24.2 Å². The second-order valence-corrected chi connectivity index (χ2v) is 7.83. The number of carboxylic acid groups (broad SMARTS) is 1. The van der Waals surface area contributed by atoms with Crippen LogP contribution in [-0.2, 0) is 14.3 Å². The van der Waals surface area contributed by atoms with Crippen LogP contribution in [0.4, 0.5) is 4.79 Å². The highest BCUT2D eigenvalue weighted by Gasteiger charge is 2.29. The van der Waals surface area contributed by atoms with E-state index in [1.54, 1.807) is 0 Å². The zero-order chi connectivity index (χ0) is 22.4. The minimum Gasteiger partial charge on any atom is -0.480 e. The van der Waals surface area contributed by atoms with Gasteiger partial charge in [-0.25, -0.2) is 4.79 Å². The molecule has 0 saturated carbocycles. The highest BCUT2D eigenvalue weighted by atomic mass is 16.5. The number of fused-ring (bicyclic) bond motifs is 3. The van der Waals surface area contributed by atoms with Crippen LogP contribution in [0.5, 0.6) is 0 Å². The van der Waals surface area contributed by atoms with E-state index < -0.39 is 12.1 Å². The quantitative estimate of drug-likeness (QED) is 0.642. The Balaban J connectivity index is 1.52. The Hall–Kier alpha value is -3.35. The molecule has 0 saturated heterocycles. The molecule has 0 radical (unpaired) electrons. The van der Waals surface area contributed by atoms with E-state index >= 15 is 0 Å². The number of nitrogens with zero attached hydrogens (tertiary/aromatic N) is 1. The van der Waals surface area contributed by atoms with E-state index in [-0.39, 0.29) is 37.3 Å². The SMILES string of the molecule is CCC(CNC(=O)OCC1c2ccccc2-c2ccccc21)CC(=O)N(C)CC(=O)O. The van der Waals surface area contributed by atoms with Crippen LogP contribution in [0, 0.1) is 5.92 Å². The monoisotopic (exact) mass is 424 g/mol. The first-order valence-corrected chi connectivity index (χ1v) is 10.4. The van der Waals surface area contributed by atoms with E-state index in [1.165, 1.54) is 23.1 Å². The van der Waals surface area contributed by atoms with Gasteiger partial charge >= 0.3 is 12.1 Å². The Morgan fingerprint density at radius 1 is 1.06 bits per heavy atom. The van der Waals surface area contributed by atoms with Crippen molar-refractivity contribution in [1.82, 2.24) is 10.2 Å². The van der Waals surface area contributed by atoms with Crippen LogP contribution in [0.3, 0.4) is 0 Å². The lowest BCUT2D eigenvalue weighted by Crippen LogP contribution is -2.36. The molecule has 1 aliphatic rings. The Kier molecular flexibility index (Phi) is 7.28. The number of carbonyl (C=O) groups excluding carboxylic acids is 2. The number of benzene rings is 2. The normalized spacial score (nSPS) is 13.1. The van der Waals surface area contributed by atoms with E-state index in [1.807, 2.05) is 31.2 Å². The average molecular weight is 424 g/mol. The summed E-state index contributed by atoms with van der Waals surface area (Å²) in [5.74, 6) is -1.42. The van der Waals surface area contributed by atoms with Gasteiger partial charge in [-0.2, -0.15) is 0 Å². The lowest BCUT2D eigenvalue weighted by atomic mass is 9.98. The second-order valence-electron chi connectivity index (χ2n) is 7.83. The summed E-state index contributed by atoms with van der Waals surface area (Å²) in [6, 6.07) is 16.3. The van der Waals surface area contributed by atoms with Gasteiger partial charge in [-0.1, -0.05) is 61.9 Å². The molecule has 7 nitrogen and oxygen atoms in total. The number of aliphatic carboxylic acids is 1. The fraction of sp³-hybridized carbons (Fsp3) is 0.375. The molecule has 1 unspecified atom stereocenters. The molecule has 2 aromatic carbocycles. The molecule has 164 valence electrons.